The van der Waals surface area contributed by atoms with Gasteiger partial charge < -0.3 is 14.6 Å². The van der Waals surface area contributed by atoms with Gasteiger partial charge in [-0.1, -0.05) is 13.8 Å². The van der Waals surface area contributed by atoms with Gasteiger partial charge in [-0.2, -0.15) is 0 Å². The van der Waals surface area contributed by atoms with Crippen LogP contribution in [0.4, 0.5) is 0 Å². The summed E-state index contributed by atoms with van der Waals surface area (Å²) in [7, 11) is 0. The van der Waals surface area contributed by atoms with E-state index < -0.39 is 5.79 Å². The molecule has 1 saturated heterocycles. The summed E-state index contributed by atoms with van der Waals surface area (Å²) in [6.45, 7) is 8.66. The van der Waals surface area contributed by atoms with E-state index >= 15 is 0 Å². The fraction of sp³-hybridized carbons (Fsp3) is 0.955. The molecule has 5 rings (SSSR count). The molecule has 0 spiro atoms. The van der Waals surface area contributed by atoms with Crippen molar-refractivity contribution < 1.29 is 19.4 Å². The van der Waals surface area contributed by atoms with Crippen molar-refractivity contribution in [1.82, 2.24) is 0 Å². The van der Waals surface area contributed by atoms with Gasteiger partial charge >= 0.3 is 0 Å². The maximum absolute atomic E-state index is 12.8. The lowest BCUT2D eigenvalue weighted by Gasteiger charge is -2.62. The third-order valence-electron chi connectivity index (χ3n) is 9.19. The number of hydrogen-bond donors (Lipinski definition) is 1. The minimum atomic E-state index is -0.660. The van der Waals surface area contributed by atoms with Crippen LogP contribution in [0, 0.1) is 34.5 Å². The number of hydrogen-bond acceptors (Lipinski definition) is 4. The van der Waals surface area contributed by atoms with Gasteiger partial charge in [0.15, 0.2) is 5.79 Å². The van der Waals surface area contributed by atoms with Crippen LogP contribution in [0.25, 0.3) is 0 Å². The van der Waals surface area contributed by atoms with E-state index in [0.717, 1.165) is 38.5 Å². The molecule has 0 unspecified atom stereocenters. The molecule has 4 heteroatoms. The topological polar surface area (TPSA) is 55.8 Å². The van der Waals surface area contributed by atoms with Crippen molar-refractivity contribution in [2.24, 2.45) is 34.5 Å². The first-order valence-electron chi connectivity index (χ1n) is 10.7. The normalized spacial score (nSPS) is 57.9. The predicted molar refractivity (Wildman–Crippen MR) is 97.3 cm³/mol. The van der Waals surface area contributed by atoms with E-state index in [0.29, 0.717) is 29.5 Å². The lowest BCUT2D eigenvalue weighted by atomic mass is 9.43. The summed E-state index contributed by atoms with van der Waals surface area (Å²) in [5, 5.41) is 10.5. The third-order valence-corrected chi connectivity index (χ3v) is 9.19. The van der Waals surface area contributed by atoms with Crippen LogP contribution in [0.5, 0.6) is 0 Å². The second-order valence-corrected chi connectivity index (χ2v) is 10.8. The van der Waals surface area contributed by atoms with Gasteiger partial charge in [0, 0.05) is 23.7 Å². The minimum absolute atomic E-state index is 0.0468. The zero-order valence-electron chi connectivity index (χ0n) is 16.7. The van der Waals surface area contributed by atoms with Gasteiger partial charge in [-0.3, -0.25) is 4.79 Å². The number of rotatable bonds is 0. The van der Waals surface area contributed by atoms with Crippen LogP contribution in [0.1, 0.15) is 72.6 Å². The van der Waals surface area contributed by atoms with Crippen molar-refractivity contribution in [3.63, 3.8) is 0 Å². The minimum Gasteiger partial charge on any atom is -0.393 e. The molecule has 0 aromatic carbocycles. The Bertz CT molecular complexity index is 630. The van der Waals surface area contributed by atoms with E-state index in [9.17, 15) is 9.90 Å². The van der Waals surface area contributed by atoms with Crippen LogP contribution < -0.4 is 0 Å². The fourth-order valence-electron chi connectivity index (χ4n) is 8.14. The van der Waals surface area contributed by atoms with Crippen LogP contribution in [0.3, 0.4) is 0 Å². The lowest BCUT2D eigenvalue weighted by Crippen LogP contribution is -2.62. The second kappa shape index (κ2) is 5.33. The molecular weight excluding hydrogens is 328 g/mol. The molecule has 146 valence electrons. The average molecular weight is 363 g/mol. The smallest absolute Gasteiger partial charge is 0.163 e. The summed E-state index contributed by atoms with van der Waals surface area (Å²) < 4.78 is 13.1. The lowest BCUT2D eigenvalue weighted by molar-refractivity contribution is -0.261. The predicted octanol–water partition coefficient (Wildman–Crippen LogP) is 3.70. The maximum atomic E-state index is 12.8. The van der Waals surface area contributed by atoms with Crippen molar-refractivity contribution >= 4 is 5.78 Å². The number of fused-ring (bicyclic) bond motifs is 2. The van der Waals surface area contributed by atoms with Gasteiger partial charge in [-0.15, -0.1) is 0 Å². The average Bonchev–Trinajstić information content (AvgIpc) is 2.78. The quantitative estimate of drug-likeness (QED) is 0.714. The molecule has 0 amide bonds. The molecule has 0 radical (unpaired) electrons. The standard InChI is InChI=1S/C22H34O4/c1-20(2)25-16-11-21(3)15(7-8-17(21)24)14-6-5-12-9-13(23)10-18(26-20)22(12,4)19(14)16/h12-16,18-19,23H,5-11H2,1-4H3/t12-,13+,14+,15-,16+,18+,19-,21+,22+/m0/s1. The molecule has 1 heterocycles. The maximum Gasteiger partial charge on any atom is 0.163 e. The van der Waals surface area contributed by atoms with E-state index in [2.05, 4.69) is 13.8 Å². The number of aliphatic hydroxyl groups is 1. The number of ether oxygens (including phenoxy) is 2. The zero-order chi connectivity index (χ0) is 18.5. The van der Waals surface area contributed by atoms with E-state index in [1.807, 2.05) is 13.8 Å². The van der Waals surface area contributed by atoms with E-state index in [1.54, 1.807) is 0 Å². The van der Waals surface area contributed by atoms with E-state index in [4.69, 9.17) is 9.47 Å². The Hall–Kier alpha value is -0.450. The molecule has 0 bridgehead atoms. The van der Waals surface area contributed by atoms with Crippen LogP contribution in [-0.4, -0.2) is 35.0 Å². The molecule has 5 fully saturated rings. The first-order valence-corrected chi connectivity index (χ1v) is 10.7. The molecule has 4 aliphatic carbocycles. The summed E-state index contributed by atoms with van der Waals surface area (Å²) in [5.74, 6) is 1.80. The zero-order valence-corrected chi connectivity index (χ0v) is 16.7. The summed E-state index contributed by atoms with van der Waals surface area (Å²) in [6.07, 6.45) is 6.48. The molecule has 4 saturated carbocycles. The van der Waals surface area contributed by atoms with Crippen molar-refractivity contribution in [1.29, 1.82) is 0 Å². The molecule has 26 heavy (non-hydrogen) atoms. The molecular formula is C22H34O4. The number of carbonyl (C=O) groups excluding carboxylic acids is 1. The molecule has 4 nitrogen and oxygen atoms in total. The molecule has 1 N–H and O–H groups in total. The van der Waals surface area contributed by atoms with Gasteiger partial charge in [-0.25, -0.2) is 0 Å². The SMILES string of the molecule is CC1(C)O[C@@H]2C[C@@]3(C)C(=O)CC[C@H]3[C@H]3CC[C@H]4C[C@@H](O)C[C@@H](O1)[C@]4(C)[C@@H]32. The highest BCUT2D eigenvalue weighted by Gasteiger charge is 2.68. The molecule has 5 aliphatic rings. The van der Waals surface area contributed by atoms with Crippen LogP contribution in [0.15, 0.2) is 0 Å². The Morgan fingerprint density at radius 3 is 2.58 bits per heavy atom. The molecule has 1 aliphatic heterocycles. The van der Waals surface area contributed by atoms with E-state index in [1.165, 1.54) is 6.42 Å². The van der Waals surface area contributed by atoms with Crippen LogP contribution in [0.2, 0.25) is 0 Å². The van der Waals surface area contributed by atoms with Gasteiger partial charge in [0.25, 0.3) is 0 Å². The second-order valence-electron chi connectivity index (χ2n) is 10.8. The van der Waals surface area contributed by atoms with E-state index in [-0.39, 0.29) is 29.1 Å². The number of Topliss-reactive ketones (excluding diaryl/α,β-unsaturated/α-hetero) is 1. The van der Waals surface area contributed by atoms with Crippen molar-refractivity contribution in [3.05, 3.63) is 0 Å². The number of carbonyl (C=O) groups is 1. The summed E-state index contributed by atoms with van der Waals surface area (Å²) in [6, 6.07) is 0. The highest BCUT2D eigenvalue weighted by atomic mass is 16.7. The van der Waals surface area contributed by atoms with Gasteiger partial charge in [-0.05, 0) is 69.6 Å². The van der Waals surface area contributed by atoms with Crippen LogP contribution >= 0.6 is 0 Å². The third kappa shape index (κ3) is 2.15. The monoisotopic (exact) mass is 362 g/mol. The largest absolute Gasteiger partial charge is 0.393 e. The van der Waals surface area contributed by atoms with Crippen molar-refractivity contribution in [3.8, 4) is 0 Å². The van der Waals surface area contributed by atoms with Crippen molar-refractivity contribution in [2.45, 2.75) is 96.7 Å². The Kier molecular flexibility index (Phi) is 3.61. The first kappa shape index (κ1) is 17.6. The fourth-order valence-corrected chi connectivity index (χ4v) is 8.14. The van der Waals surface area contributed by atoms with Gasteiger partial charge in [0.1, 0.15) is 5.78 Å². The highest BCUT2D eigenvalue weighted by Crippen LogP contribution is 2.67. The Morgan fingerprint density at radius 2 is 1.81 bits per heavy atom. The van der Waals surface area contributed by atoms with Gasteiger partial charge in [0.2, 0.25) is 0 Å². The Balaban J connectivity index is 1.63. The van der Waals surface area contributed by atoms with Crippen molar-refractivity contribution in [2.75, 3.05) is 0 Å². The Morgan fingerprint density at radius 1 is 1.04 bits per heavy atom. The molecule has 9 atom stereocenters. The molecule has 0 aromatic rings. The Labute approximate surface area is 157 Å². The van der Waals surface area contributed by atoms with Crippen LogP contribution in [-0.2, 0) is 14.3 Å². The summed E-state index contributed by atoms with van der Waals surface area (Å²) in [5.41, 5.74) is -0.160. The van der Waals surface area contributed by atoms with Gasteiger partial charge in [0.05, 0.1) is 18.3 Å². The summed E-state index contributed by atoms with van der Waals surface area (Å²) in [4.78, 5) is 12.8. The number of ketones is 1. The summed E-state index contributed by atoms with van der Waals surface area (Å²) >= 11 is 0. The first-order chi connectivity index (χ1) is 12.1. The molecule has 0 aromatic heterocycles. The highest BCUT2D eigenvalue weighted by molar-refractivity contribution is 5.87. The number of aliphatic hydroxyl groups excluding tert-OH is 1.